The zero-order valence-corrected chi connectivity index (χ0v) is 9.52. The highest BCUT2D eigenvalue weighted by atomic mass is 32.3. The van der Waals surface area contributed by atoms with Gasteiger partial charge in [-0.15, -0.1) is 0 Å². The zero-order chi connectivity index (χ0) is 12.7. The second-order valence-corrected chi connectivity index (χ2v) is 5.38. The van der Waals surface area contributed by atoms with Gasteiger partial charge in [0.1, 0.15) is 5.75 Å². The van der Waals surface area contributed by atoms with E-state index >= 15 is 0 Å². The van der Waals surface area contributed by atoms with Crippen LogP contribution in [0.2, 0.25) is 0 Å². The molecule has 17 heavy (non-hydrogen) atoms. The van der Waals surface area contributed by atoms with Crippen LogP contribution < -0.4 is 8.37 Å². The molecule has 2 bridgehead atoms. The smallest absolute Gasteiger partial charge is 0.361 e. The maximum absolute atomic E-state index is 11.1. The van der Waals surface area contributed by atoms with Gasteiger partial charge >= 0.3 is 20.8 Å². The monoisotopic (exact) mass is 280 g/mol. The number of hydrogen-bond donors (Lipinski definition) is 0. The molecule has 0 unspecified atom stereocenters. The van der Waals surface area contributed by atoms with Crippen LogP contribution in [0.3, 0.4) is 0 Å². The van der Waals surface area contributed by atoms with Crippen LogP contribution in [-0.4, -0.2) is 23.1 Å². The quantitative estimate of drug-likeness (QED) is 0.648. The molecule has 0 amide bonds. The van der Waals surface area contributed by atoms with E-state index in [1.165, 1.54) is 0 Å². The molecular weight excluding hydrogens is 276 g/mol. The first-order valence-corrected chi connectivity index (χ1v) is 6.67. The van der Waals surface area contributed by atoms with Crippen molar-refractivity contribution in [2.75, 3.05) is 0 Å². The first-order valence-electron chi connectivity index (χ1n) is 4.00. The Labute approximate surface area is 96.4 Å². The van der Waals surface area contributed by atoms with Crippen molar-refractivity contribution in [2.24, 2.45) is 0 Å². The van der Waals surface area contributed by atoms with Crippen LogP contribution in [0.1, 0.15) is 10.4 Å². The standard InChI is InChI=1S/C7H4O8S2/c8-4-5-1-2-6-3-7(5)14-17(11,12)15-16(9,10)13-6/h1-4H. The summed E-state index contributed by atoms with van der Waals surface area (Å²) in [5, 5.41) is 0. The van der Waals surface area contributed by atoms with Crippen LogP contribution >= 0.6 is 0 Å². The van der Waals surface area contributed by atoms with Gasteiger partial charge in [0.05, 0.1) is 5.56 Å². The number of carbonyl (C=O) groups excluding carboxylic acids is 1. The van der Waals surface area contributed by atoms with Gasteiger partial charge in [-0.1, -0.05) is 3.63 Å². The Hall–Kier alpha value is -1.65. The molecule has 1 heterocycles. The number of carbonyl (C=O) groups is 1. The number of aldehydes is 1. The maximum Gasteiger partial charge on any atom is 0.466 e. The highest BCUT2D eigenvalue weighted by Gasteiger charge is 2.30. The summed E-state index contributed by atoms with van der Waals surface area (Å²) in [7, 11) is -9.62. The van der Waals surface area contributed by atoms with E-state index in [1.54, 1.807) is 0 Å². The van der Waals surface area contributed by atoms with Crippen LogP contribution in [0.15, 0.2) is 18.2 Å². The fourth-order valence-electron chi connectivity index (χ4n) is 1.09. The molecule has 2 rings (SSSR count). The largest absolute Gasteiger partial charge is 0.466 e. The summed E-state index contributed by atoms with van der Waals surface area (Å²) < 4.78 is 56.5. The molecule has 92 valence electrons. The molecule has 0 N–H and O–H groups in total. The topological polar surface area (TPSA) is 113 Å². The van der Waals surface area contributed by atoms with Gasteiger partial charge in [0.2, 0.25) is 0 Å². The Balaban J connectivity index is 2.66. The van der Waals surface area contributed by atoms with Gasteiger partial charge in [0.15, 0.2) is 12.0 Å². The molecule has 0 saturated heterocycles. The molecule has 10 heteroatoms. The number of fused-ring (bicyclic) bond motifs is 2. The Morgan fingerprint density at radius 3 is 2.29 bits per heavy atom. The molecule has 1 aromatic carbocycles. The molecular formula is C7H4O8S2. The van der Waals surface area contributed by atoms with Gasteiger partial charge in [-0.05, 0) is 12.1 Å². The van der Waals surface area contributed by atoms with Crippen molar-refractivity contribution >= 4 is 27.1 Å². The van der Waals surface area contributed by atoms with Gasteiger partial charge in [0, 0.05) is 6.07 Å². The SMILES string of the molecule is O=Cc1ccc2cc1OS(=O)(=O)OS(=O)(=O)O2. The highest BCUT2D eigenvalue weighted by molar-refractivity contribution is 7.95. The minimum Gasteiger partial charge on any atom is -0.361 e. The molecule has 1 aliphatic rings. The summed E-state index contributed by atoms with van der Waals surface area (Å²) in [5.74, 6) is -0.618. The van der Waals surface area contributed by atoms with Crippen LogP contribution in [0.25, 0.3) is 0 Å². The lowest BCUT2D eigenvalue weighted by Gasteiger charge is -2.13. The zero-order valence-electron chi connectivity index (χ0n) is 7.89. The third kappa shape index (κ3) is 2.54. The molecule has 0 spiro atoms. The van der Waals surface area contributed by atoms with Crippen molar-refractivity contribution in [3.8, 4) is 11.5 Å². The summed E-state index contributed by atoms with van der Waals surface area (Å²) in [6, 6.07) is 3.24. The van der Waals surface area contributed by atoms with E-state index < -0.39 is 20.8 Å². The van der Waals surface area contributed by atoms with E-state index in [2.05, 4.69) is 12.0 Å². The van der Waals surface area contributed by atoms with Crippen molar-refractivity contribution in [2.45, 2.75) is 0 Å². The average molecular weight is 280 g/mol. The number of hydrogen-bond acceptors (Lipinski definition) is 8. The van der Waals surface area contributed by atoms with Crippen molar-refractivity contribution in [3.63, 3.8) is 0 Å². The molecule has 1 aromatic rings. The summed E-state index contributed by atoms with van der Waals surface area (Å²) in [4.78, 5) is 10.6. The van der Waals surface area contributed by atoms with Gasteiger partial charge in [0.25, 0.3) is 0 Å². The Bertz CT molecular complexity index is 672. The maximum atomic E-state index is 11.1. The van der Waals surface area contributed by atoms with Crippen LogP contribution in [-0.2, 0) is 24.4 Å². The van der Waals surface area contributed by atoms with E-state index in [4.69, 9.17) is 0 Å². The molecule has 0 saturated carbocycles. The minimum absolute atomic E-state index is 0.0937. The Morgan fingerprint density at radius 1 is 1.00 bits per heavy atom. The summed E-state index contributed by atoms with van der Waals surface area (Å²) >= 11 is 0. The first kappa shape index (κ1) is 11.8. The summed E-state index contributed by atoms with van der Waals surface area (Å²) in [6.07, 6.45) is 0.338. The predicted octanol–water partition coefficient (Wildman–Crippen LogP) is -0.223. The second kappa shape index (κ2) is 3.68. The van der Waals surface area contributed by atoms with Gasteiger partial charge in [-0.3, -0.25) is 4.79 Å². The van der Waals surface area contributed by atoms with Crippen molar-refractivity contribution in [3.05, 3.63) is 23.8 Å². The third-order valence-corrected chi connectivity index (χ3v) is 3.78. The molecule has 0 aromatic heterocycles. The van der Waals surface area contributed by atoms with Crippen LogP contribution in [0.5, 0.6) is 11.5 Å². The first-order chi connectivity index (χ1) is 7.81. The summed E-state index contributed by atoms with van der Waals surface area (Å²) in [6.45, 7) is 0. The molecule has 0 aliphatic carbocycles. The fraction of sp³-hybridized carbons (Fsp3) is 0. The number of rotatable bonds is 1. The number of benzene rings is 1. The predicted molar refractivity (Wildman–Crippen MR) is 52.0 cm³/mol. The van der Waals surface area contributed by atoms with Crippen LogP contribution in [0.4, 0.5) is 0 Å². The third-order valence-electron chi connectivity index (χ3n) is 1.67. The van der Waals surface area contributed by atoms with Crippen molar-refractivity contribution in [1.82, 2.24) is 0 Å². The van der Waals surface area contributed by atoms with E-state index in [0.29, 0.717) is 6.29 Å². The fourth-order valence-corrected chi connectivity index (χ4v) is 2.84. The molecule has 0 radical (unpaired) electrons. The highest BCUT2D eigenvalue weighted by Crippen LogP contribution is 2.29. The normalized spacial score (nSPS) is 20.2. The van der Waals surface area contributed by atoms with E-state index in [9.17, 15) is 21.6 Å². The molecule has 8 nitrogen and oxygen atoms in total. The lowest BCUT2D eigenvalue weighted by molar-refractivity contribution is 0.112. The lowest BCUT2D eigenvalue weighted by atomic mass is 10.2. The second-order valence-electron chi connectivity index (χ2n) is 2.87. The summed E-state index contributed by atoms with van der Waals surface area (Å²) in [5.41, 5.74) is -0.0937. The van der Waals surface area contributed by atoms with Crippen molar-refractivity contribution in [1.29, 1.82) is 0 Å². The molecule has 1 aliphatic heterocycles. The van der Waals surface area contributed by atoms with Gasteiger partial charge < -0.3 is 8.37 Å². The van der Waals surface area contributed by atoms with Gasteiger partial charge in [-0.2, -0.15) is 16.8 Å². The van der Waals surface area contributed by atoms with Gasteiger partial charge in [-0.25, -0.2) is 0 Å². The van der Waals surface area contributed by atoms with Crippen molar-refractivity contribution < 1.29 is 33.6 Å². The molecule has 0 atom stereocenters. The Morgan fingerprint density at radius 2 is 1.65 bits per heavy atom. The van der Waals surface area contributed by atoms with E-state index in [-0.39, 0.29) is 17.1 Å². The van der Waals surface area contributed by atoms with E-state index in [0.717, 1.165) is 18.2 Å². The average Bonchev–Trinajstić information content (AvgIpc) is 2.13. The Kier molecular flexibility index (Phi) is 2.56. The lowest BCUT2D eigenvalue weighted by Crippen LogP contribution is -2.24. The van der Waals surface area contributed by atoms with Crippen LogP contribution in [0, 0.1) is 0 Å². The molecule has 0 fully saturated rings. The van der Waals surface area contributed by atoms with E-state index in [1.807, 2.05) is 0 Å². The minimum atomic E-state index is -4.85.